The number of carbonyl (C=O) groups is 1. The first-order chi connectivity index (χ1) is 8.08. The number of hydrogen-bond acceptors (Lipinski definition) is 2. The fourth-order valence-electron chi connectivity index (χ4n) is 1.61. The van der Waals surface area contributed by atoms with Crippen LogP contribution in [0.3, 0.4) is 0 Å². The molecular weight excluding hydrogens is 359 g/mol. The molecule has 1 N–H and O–H groups in total. The molecule has 3 nitrogen and oxygen atoms in total. The lowest BCUT2D eigenvalue weighted by molar-refractivity contribution is 0.0930. The van der Waals surface area contributed by atoms with E-state index in [0.717, 1.165) is 12.5 Å². The maximum absolute atomic E-state index is 13.2. The number of nitrogens with one attached hydrogen (secondary N) is 1. The third-order valence-electron chi connectivity index (χ3n) is 2.52. The van der Waals surface area contributed by atoms with E-state index >= 15 is 0 Å². The van der Waals surface area contributed by atoms with Gasteiger partial charge in [-0.3, -0.25) is 4.79 Å². The fourth-order valence-corrected chi connectivity index (χ4v) is 2.31. The molecule has 1 aliphatic heterocycles. The minimum Gasteiger partial charge on any atom is -0.379 e. The van der Waals surface area contributed by atoms with E-state index in [4.69, 9.17) is 16.3 Å². The van der Waals surface area contributed by atoms with E-state index in [2.05, 4.69) is 5.32 Å². The summed E-state index contributed by atoms with van der Waals surface area (Å²) >= 11 is 7.67. The van der Waals surface area contributed by atoms with E-state index in [1.807, 2.05) is 22.6 Å². The summed E-state index contributed by atoms with van der Waals surface area (Å²) in [6.45, 7) is 1.17. The second-order valence-electron chi connectivity index (χ2n) is 3.78. The van der Waals surface area contributed by atoms with Crippen LogP contribution in [-0.2, 0) is 4.74 Å². The quantitative estimate of drug-likeness (QED) is 0.643. The zero-order chi connectivity index (χ0) is 12.4. The Morgan fingerprint density at radius 2 is 2.35 bits per heavy atom. The van der Waals surface area contributed by atoms with Crippen molar-refractivity contribution in [3.63, 3.8) is 0 Å². The van der Waals surface area contributed by atoms with Crippen LogP contribution in [0.15, 0.2) is 12.1 Å². The molecule has 1 aromatic rings. The molecule has 1 saturated heterocycles. The van der Waals surface area contributed by atoms with E-state index in [1.165, 1.54) is 6.07 Å². The molecular formula is C11H10ClFINO2. The van der Waals surface area contributed by atoms with Gasteiger partial charge in [-0.05, 0) is 41.1 Å². The van der Waals surface area contributed by atoms with Crippen LogP contribution in [0.1, 0.15) is 16.8 Å². The average Bonchev–Trinajstić information content (AvgIpc) is 2.76. The summed E-state index contributed by atoms with van der Waals surface area (Å²) < 4.78 is 18.7. The van der Waals surface area contributed by atoms with Crippen LogP contribution in [0.25, 0.3) is 0 Å². The van der Waals surface area contributed by atoms with Crippen LogP contribution in [-0.4, -0.2) is 25.2 Å². The summed E-state index contributed by atoms with van der Waals surface area (Å²) in [5.41, 5.74) is 0.296. The van der Waals surface area contributed by atoms with Crippen molar-refractivity contribution in [2.45, 2.75) is 12.5 Å². The van der Waals surface area contributed by atoms with E-state index in [0.29, 0.717) is 22.3 Å². The monoisotopic (exact) mass is 369 g/mol. The van der Waals surface area contributed by atoms with E-state index in [-0.39, 0.29) is 17.0 Å². The van der Waals surface area contributed by atoms with Gasteiger partial charge in [0.15, 0.2) is 0 Å². The predicted molar refractivity (Wildman–Crippen MR) is 70.8 cm³/mol. The van der Waals surface area contributed by atoms with Gasteiger partial charge < -0.3 is 10.1 Å². The first kappa shape index (κ1) is 13.0. The SMILES string of the molecule is O=C(NC1CCOC1)c1cc(I)c(F)cc1Cl. The minimum atomic E-state index is -0.420. The lowest BCUT2D eigenvalue weighted by Crippen LogP contribution is -2.35. The molecule has 1 atom stereocenters. The molecule has 1 amide bonds. The summed E-state index contributed by atoms with van der Waals surface area (Å²) in [7, 11) is 0. The molecule has 1 aliphatic rings. The summed E-state index contributed by atoms with van der Waals surface area (Å²) in [6.07, 6.45) is 0.793. The number of benzene rings is 1. The van der Waals surface area contributed by atoms with Crippen molar-refractivity contribution in [3.8, 4) is 0 Å². The lowest BCUT2D eigenvalue weighted by Gasteiger charge is -2.12. The zero-order valence-electron chi connectivity index (χ0n) is 8.80. The van der Waals surface area contributed by atoms with Gasteiger partial charge in [0.1, 0.15) is 5.82 Å². The molecule has 17 heavy (non-hydrogen) atoms. The Bertz CT molecular complexity index is 449. The summed E-state index contributed by atoms with van der Waals surface area (Å²) in [5.74, 6) is -0.709. The molecule has 0 aromatic heterocycles. The topological polar surface area (TPSA) is 38.3 Å². The molecule has 0 aliphatic carbocycles. The molecule has 0 spiro atoms. The Morgan fingerprint density at radius 1 is 1.59 bits per heavy atom. The fraction of sp³-hybridized carbons (Fsp3) is 0.364. The van der Waals surface area contributed by atoms with E-state index in [1.54, 1.807) is 0 Å². The van der Waals surface area contributed by atoms with Crippen LogP contribution >= 0.6 is 34.2 Å². The molecule has 2 rings (SSSR count). The van der Waals surface area contributed by atoms with Gasteiger partial charge in [0.05, 0.1) is 23.2 Å². The minimum absolute atomic E-state index is 0.0151. The van der Waals surface area contributed by atoms with Crippen LogP contribution in [0.2, 0.25) is 5.02 Å². The summed E-state index contributed by atoms with van der Waals surface area (Å²) in [5, 5.41) is 2.93. The molecule has 1 unspecified atom stereocenters. The zero-order valence-corrected chi connectivity index (χ0v) is 11.7. The van der Waals surface area contributed by atoms with Gasteiger partial charge in [0.2, 0.25) is 0 Å². The van der Waals surface area contributed by atoms with Crippen LogP contribution in [0, 0.1) is 9.39 Å². The largest absolute Gasteiger partial charge is 0.379 e. The number of hydrogen-bond donors (Lipinski definition) is 1. The van der Waals surface area contributed by atoms with Crippen LogP contribution in [0.4, 0.5) is 4.39 Å². The van der Waals surface area contributed by atoms with Crippen LogP contribution in [0.5, 0.6) is 0 Å². The van der Waals surface area contributed by atoms with Crippen molar-refractivity contribution < 1.29 is 13.9 Å². The molecule has 0 saturated carbocycles. The number of halogens is 3. The Kier molecular flexibility index (Phi) is 4.22. The lowest BCUT2D eigenvalue weighted by atomic mass is 10.2. The Balaban J connectivity index is 2.15. The second-order valence-corrected chi connectivity index (χ2v) is 5.35. The van der Waals surface area contributed by atoms with E-state index in [9.17, 15) is 9.18 Å². The first-order valence-electron chi connectivity index (χ1n) is 5.11. The van der Waals surface area contributed by atoms with Gasteiger partial charge in [-0.2, -0.15) is 0 Å². The molecule has 1 fully saturated rings. The third-order valence-corrected chi connectivity index (χ3v) is 3.66. The second kappa shape index (κ2) is 5.49. The molecule has 0 bridgehead atoms. The Morgan fingerprint density at radius 3 is 3.00 bits per heavy atom. The van der Waals surface area contributed by atoms with Crippen LogP contribution < -0.4 is 5.32 Å². The maximum Gasteiger partial charge on any atom is 0.253 e. The normalized spacial score (nSPS) is 19.4. The van der Waals surface area contributed by atoms with Crippen molar-refractivity contribution in [3.05, 3.63) is 32.1 Å². The van der Waals surface area contributed by atoms with Gasteiger partial charge in [0, 0.05) is 10.2 Å². The van der Waals surface area contributed by atoms with Crippen molar-refractivity contribution in [1.29, 1.82) is 0 Å². The van der Waals surface area contributed by atoms with E-state index < -0.39 is 5.82 Å². The maximum atomic E-state index is 13.2. The van der Waals surface area contributed by atoms with Crippen molar-refractivity contribution in [2.75, 3.05) is 13.2 Å². The van der Waals surface area contributed by atoms with Crippen molar-refractivity contribution >= 4 is 40.1 Å². The highest BCUT2D eigenvalue weighted by molar-refractivity contribution is 14.1. The van der Waals surface area contributed by atoms with Crippen molar-refractivity contribution in [2.24, 2.45) is 0 Å². The highest BCUT2D eigenvalue weighted by Gasteiger charge is 2.20. The number of ether oxygens (including phenoxy) is 1. The highest BCUT2D eigenvalue weighted by Crippen LogP contribution is 2.22. The molecule has 92 valence electrons. The molecule has 1 aromatic carbocycles. The highest BCUT2D eigenvalue weighted by atomic mass is 127. The molecule has 1 heterocycles. The number of carbonyl (C=O) groups excluding carboxylic acids is 1. The summed E-state index contributed by atoms with van der Waals surface area (Å²) in [4.78, 5) is 11.9. The first-order valence-corrected chi connectivity index (χ1v) is 6.57. The average molecular weight is 370 g/mol. The Labute approximate surface area is 117 Å². The molecule has 0 radical (unpaired) electrons. The molecule has 6 heteroatoms. The van der Waals surface area contributed by atoms with Gasteiger partial charge in [-0.15, -0.1) is 0 Å². The predicted octanol–water partition coefficient (Wildman–Crippen LogP) is 2.60. The smallest absolute Gasteiger partial charge is 0.253 e. The number of amides is 1. The third kappa shape index (κ3) is 3.08. The van der Waals surface area contributed by atoms with Gasteiger partial charge in [0.25, 0.3) is 5.91 Å². The van der Waals surface area contributed by atoms with Gasteiger partial charge >= 0.3 is 0 Å². The van der Waals surface area contributed by atoms with Gasteiger partial charge in [-0.1, -0.05) is 11.6 Å². The van der Waals surface area contributed by atoms with Crippen molar-refractivity contribution in [1.82, 2.24) is 5.32 Å². The number of rotatable bonds is 2. The summed E-state index contributed by atoms with van der Waals surface area (Å²) in [6, 6.07) is 2.62. The Hall–Kier alpha value is -0.400. The standard InChI is InChI=1S/C11H10ClFINO2/c12-8-4-9(13)10(14)3-7(8)11(16)15-6-1-2-17-5-6/h3-4,6H,1-2,5H2,(H,15,16). The van der Waals surface area contributed by atoms with Gasteiger partial charge in [-0.25, -0.2) is 4.39 Å².